The van der Waals surface area contributed by atoms with Crippen LogP contribution in [0.5, 0.6) is 23.0 Å². The van der Waals surface area contributed by atoms with Crippen molar-refractivity contribution in [1.82, 2.24) is 5.43 Å². The second kappa shape index (κ2) is 15.7. The fourth-order valence-electron chi connectivity index (χ4n) is 3.96. The predicted octanol–water partition coefficient (Wildman–Crippen LogP) is 7.07. The average Bonchev–Trinajstić information content (AvgIpc) is 3.02. The lowest BCUT2D eigenvalue weighted by atomic mass is 10.2. The molecule has 0 bridgehead atoms. The number of methoxy groups -OCH3 is 1. The number of amides is 2. The van der Waals surface area contributed by atoms with Crippen LogP contribution in [0.4, 0.5) is 5.69 Å². The molecule has 2 amide bonds. The quantitative estimate of drug-likeness (QED) is 0.120. The maximum Gasteiger partial charge on any atom is 0.271 e. The van der Waals surface area contributed by atoms with Crippen molar-refractivity contribution >= 4 is 46.9 Å². The van der Waals surface area contributed by atoms with Crippen LogP contribution in [-0.4, -0.2) is 38.4 Å². The van der Waals surface area contributed by atoms with E-state index in [1.54, 1.807) is 48.5 Å². The Labute approximate surface area is 265 Å². The van der Waals surface area contributed by atoms with Crippen LogP contribution < -0.4 is 29.7 Å². The van der Waals surface area contributed by atoms with Gasteiger partial charge in [-0.25, -0.2) is 5.43 Å². The number of anilines is 1. The van der Waals surface area contributed by atoms with E-state index in [0.717, 1.165) is 11.1 Å². The molecule has 0 fully saturated rings. The summed E-state index contributed by atoms with van der Waals surface area (Å²) in [6.07, 6.45) is 1.41. The topological polar surface area (TPSA) is 107 Å². The van der Waals surface area contributed by atoms with E-state index in [9.17, 15) is 9.59 Å². The molecule has 228 valence electrons. The third-order valence-corrected chi connectivity index (χ3v) is 6.87. The van der Waals surface area contributed by atoms with Crippen molar-refractivity contribution in [2.75, 3.05) is 25.6 Å². The van der Waals surface area contributed by atoms with E-state index >= 15 is 0 Å². The van der Waals surface area contributed by atoms with Gasteiger partial charge in [-0.1, -0.05) is 59.6 Å². The van der Waals surface area contributed by atoms with E-state index in [2.05, 4.69) is 15.8 Å². The van der Waals surface area contributed by atoms with Gasteiger partial charge in [0.15, 0.2) is 29.6 Å². The number of aryl methyl sites for hydroxylation is 1. The highest BCUT2D eigenvalue weighted by Gasteiger charge is 2.15. The lowest BCUT2D eigenvalue weighted by Crippen LogP contribution is -2.20. The van der Waals surface area contributed by atoms with Gasteiger partial charge in [0, 0.05) is 16.3 Å². The number of ether oxygens (including phenoxy) is 4. The number of carbonyl (C=O) groups is 2. The van der Waals surface area contributed by atoms with Crippen molar-refractivity contribution in [3.63, 3.8) is 0 Å². The van der Waals surface area contributed by atoms with Gasteiger partial charge in [0.25, 0.3) is 11.8 Å². The Balaban J connectivity index is 1.36. The third kappa shape index (κ3) is 8.89. The van der Waals surface area contributed by atoms with Crippen LogP contribution in [0.1, 0.15) is 34.0 Å². The highest BCUT2D eigenvalue weighted by atomic mass is 35.5. The molecule has 0 aromatic heterocycles. The number of hydrogen-bond acceptors (Lipinski definition) is 7. The van der Waals surface area contributed by atoms with Crippen LogP contribution in [0.15, 0.2) is 84.0 Å². The smallest absolute Gasteiger partial charge is 0.271 e. The zero-order valence-corrected chi connectivity index (χ0v) is 25.9. The summed E-state index contributed by atoms with van der Waals surface area (Å²) in [5.41, 5.74) is 5.81. The van der Waals surface area contributed by atoms with Gasteiger partial charge in [-0.2, -0.15) is 5.10 Å². The highest BCUT2D eigenvalue weighted by Crippen LogP contribution is 2.36. The molecule has 2 N–H and O–H groups in total. The van der Waals surface area contributed by atoms with E-state index < -0.39 is 11.8 Å². The lowest BCUT2D eigenvalue weighted by Gasteiger charge is -2.14. The first-order chi connectivity index (χ1) is 21.3. The Morgan fingerprint density at radius 2 is 1.66 bits per heavy atom. The van der Waals surface area contributed by atoms with Gasteiger partial charge in [-0.15, -0.1) is 0 Å². The first-order valence-electron chi connectivity index (χ1n) is 13.6. The van der Waals surface area contributed by atoms with Crippen molar-refractivity contribution in [2.24, 2.45) is 5.10 Å². The van der Waals surface area contributed by atoms with Crippen molar-refractivity contribution in [3.8, 4) is 23.0 Å². The zero-order valence-electron chi connectivity index (χ0n) is 24.4. The highest BCUT2D eigenvalue weighted by molar-refractivity contribution is 6.32. The summed E-state index contributed by atoms with van der Waals surface area (Å²) in [5, 5.41) is 7.50. The summed E-state index contributed by atoms with van der Waals surface area (Å²) in [6, 6.07) is 23.0. The molecule has 0 saturated heterocycles. The van der Waals surface area contributed by atoms with E-state index in [4.69, 9.17) is 42.1 Å². The molecule has 4 aromatic carbocycles. The molecule has 0 heterocycles. The summed E-state index contributed by atoms with van der Waals surface area (Å²) in [4.78, 5) is 25.2. The second-order valence-corrected chi connectivity index (χ2v) is 10.2. The monoisotopic (exact) mass is 635 g/mol. The fourth-order valence-corrected chi connectivity index (χ4v) is 4.42. The molecule has 4 rings (SSSR count). The number of halogens is 2. The molecule has 0 aliphatic rings. The molecular weight excluding hydrogens is 605 g/mol. The minimum absolute atomic E-state index is 0.186. The Morgan fingerprint density at radius 1 is 0.864 bits per heavy atom. The normalized spacial score (nSPS) is 10.8. The van der Waals surface area contributed by atoms with Crippen LogP contribution in [0, 0.1) is 6.92 Å². The maximum absolute atomic E-state index is 12.8. The Morgan fingerprint density at radius 3 is 2.39 bits per heavy atom. The molecule has 11 heteroatoms. The standard InChI is InChI=1S/C33H31Cl2N3O6/c1-4-42-29-16-24(11-13-28(29)43-19-22-8-6-5-7-9-22)33(40)38-36-18-23-14-27(35)32(30(15-23)41-3)44-20-31(39)37-25-12-10-21(2)26(34)17-25/h5-18H,4,19-20H2,1-3H3,(H,37,39)(H,38,40)/b36-18+. The third-order valence-electron chi connectivity index (χ3n) is 6.18. The van der Waals surface area contributed by atoms with Gasteiger partial charge < -0.3 is 24.3 Å². The largest absolute Gasteiger partial charge is 0.493 e. The summed E-state index contributed by atoms with van der Waals surface area (Å²) in [6.45, 7) is 4.17. The number of hydrazone groups is 1. The van der Waals surface area contributed by atoms with Crippen molar-refractivity contribution in [1.29, 1.82) is 0 Å². The van der Waals surface area contributed by atoms with Gasteiger partial charge in [0.05, 0.1) is 25.0 Å². The van der Waals surface area contributed by atoms with Crippen molar-refractivity contribution < 1.29 is 28.5 Å². The van der Waals surface area contributed by atoms with Crippen LogP contribution in [0.2, 0.25) is 10.0 Å². The van der Waals surface area contributed by atoms with Gasteiger partial charge in [-0.3, -0.25) is 9.59 Å². The predicted molar refractivity (Wildman–Crippen MR) is 172 cm³/mol. The van der Waals surface area contributed by atoms with Crippen molar-refractivity contribution in [3.05, 3.63) is 111 Å². The zero-order chi connectivity index (χ0) is 31.5. The molecule has 0 atom stereocenters. The Bertz CT molecular complexity index is 1650. The fraction of sp³-hybridized carbons (Fsp3) is 0.182. The molecule has 0 aliphatic carbocycles. The van der Waals surface area contributed by atoms with Crippen LogP contribution in [0.3, 0.4) is 0 Å². The van der Waals surface area contributed by atoms with Gasteiger partial charge in [0.2, 0.25) is 0 Å². The molecule has 44 heavy (non-hydrogen) atoms. The summed E-state index contributed by atoms with van der Waals surface area (Å²) >= 11 is 12.6. The lowest BCUT2D eigenvalue weighted by molar-refractivity contribution is -0.118. The van der Waals surface area contributed by atoms with E-state index in [1.807, 2.05) is 44.2 Å². The number of nitrogens with zero attached hydrogens (tertiary/aromatic N) is 1. The number of carbonyl (C=O) groups excluding carboxylic acids is 2. The van der Waals surface area contributed by atoms with Crippen LogP contribution >= 0.6 is 23.2 Å². The Hall–Kier alpha value is -4.73. The van der Waals surface area contributed by atoms with Gasteiger partial charge >= 0.3 is 0 Å². The number of rotatable bonds is 13. The number of benzene rings is 4. The van der Waals surface area contributed by atoms with E-state index in [-0.39, 0.29) is 23.1 Å². The average molecular weight is 637 g/mol. The maximum atomic E-state index is 12.8. The molecule has 0 spiro atoms. The number of hydrogen-bond donors (Lipinski definition) is 2. The molecule has 0 saturated carbocycles. The van der Waals surface area contributed by atoms with Crippen LogP contribution in [-0.2, 0) is 11.4 Å². The molecule has 4 aromatic rings. The Kier molecular flexibility index (Phi) is 11.5. The van der Waals surface area contributed by atoms with Crippen LogP contribution in [0.25, 0.3) is 0 Å². The minimum atomic E-state index is -0.448. The van der Waals surface area contributed by atoms with Gasteiger partial charge in [0.1, 0.15) is 6.61 Å². The SMILES string of the molecule is CCOc1cc(C(=O)N/N=C/c2cc(Cl)c(OCC(=O)Nc3ccc(C)c(Cl)c3)c(OC)c2)ccc1OCc1ccccc1. The molecule has 0 radical (unpaired) electrons. The first-order valence-corrected chi connectivity index (χ1v) is 14.4. The van der Waals surface area contributed by atoms with Crippen molar-refractivity contribution in [2.45, 2.75) is 20.5 Å². The molecule has 9 nitrogen and oxygen atoms in total. The minimum Gasteiger partial charge on any atom is -0.493 e. The second-order valence-electron chi connectivity index (χ2n) is 9.40. The molecular formula is C33H31Cl2N3O6. The first kappa shape index (κ1) is 32.2. The van der Waals surface area contributed by atoms with E-state index in [1.165, 1.54) is 13.3 Å². The summed E-state index contributed by atoms with van der Waals surface area (Å²) < 4.78 is 22.7. The van der Waals surface area contributed by atoms with Gasteiger partial charge in [-0.05, 0) is 73.0 Å². The molecule has 0 unspecified atom stereocenters. The molecule has 0 aliphatic heterocycles. The summed E-state index contributed by atoms with van der Waals surface area (Å²) in [7, 11) is 1.44. The number of nitrogens with one attached hydrogen (secondary N) is 2. The van der Waals surface area contributed by atoms with E-state index in [0.29, 0.717) is 46.5 Å². The summed E-state index contributed by atoms with van der Waals surface area (Å²) in [5.74, 6) is 0.588.